The summed E-state index contributed by atoms with van der Waals surface area (Å²) in [5.74, 6) is -1.18. The van der Waals surface area contributed by atoms with Crippen LogP contribution in [0.1, 0.15) is 39.2 Å². The Hall–Kier alpha value is -1.27. The van der Waals surface area contributed by atoms with Crippen LogP contribution in [-0.4, -0.2) is 42.6 Å². The quantitative estimate of drug-likeness (QED) is 0.703. The summed E-state index contributed by atoms with van der Waals surface area (Å²) in [4.78, 5) is 12.4. The molecule has 0 unspecified atom stereocenters. The molecule has 0 radical (unpaired) electrons. The van der Waals surface area contributed by atoms with E-state index in [4.69, 9.17) is 14.2 Å². The van der Waals surface area contributed by atoms with Gasteiger partial charge in [0.25, 0.3) is 0 Å². The van der Waals surface area contributed by atoms with Crippen LogP contribution in [0.15, 0.2) is 30.3 Å². The van der Waals surface area contributed by atoms with Crippen molar-refractivity contribution in [1.82, 2.24) is 0 Å². The van der Waals surface area contributed by atoms with Crippen molar-refractivity contribution < 1.29 is 24.1 Å². The smallest absolute Gasteiger partial charge is 0.166 e. The third-order valence-electron chi connectivity index (χ3n) is 4.82. The standard InChI is InChI=1S/C20H30O5/c1-15(13-23-14-17-7-5-4-6-8-17)19(22)16(2)18(21)9-10-20(3)24-11-12-25-20/h4-8,15-16,19,22H,9-14H2,1-3H3/t15-,16+,19-/m1/s1. The highest BCUT2D eigenvalue weighted by Gasteiger charge is 2.33. The van der Waals surface area contributed by atoms with Crippen LogP contribution in [0, 0.1) is 11.8 Å². The highest BCUT2D eigenvalue weighted by atomic mass is 16.7. The molecule has 25 heavy (non-hydrogen) atoms. The van der Waals surface area contributed by atoms with E-state index in [-0.39, 0.29) is 11.7 Å². The fourth-order valence-corrected chi connectivity index (χ4v) is 3.00. The zero-order chi connectivity index (χ0) is 18.3. The summed E-state index contributed by atoms with van der Waals surface area (Å²) in [6.07, 6.45) is 0.134. The Morgan fingerprint density at radius 3 is 2.52 bits per heavy atom. The van der Waals surface area contributed by atoms with E-state index in [2.05, 4.69) is 0 Å². The topological polar surface area (TPSA) is 65.0 Å². The fourth-order valence-electron chi connectivity index (χ4n) is 3.00. The van der Waals surface area contributed by atoms with E-state index in [0.717, 1.165) is 5.56 Å². The lowest BCUT2D eigenvalue weighted by Crippen LogP contribution is -2.35. The van der Waals surface area contributed by atoms with Crippen molar-refractivity contribution in [3.05, 3.63) is 35.9 Å². The number of benzene rings is 1. The molecule has 1 aliphatic heterocycles. The number of ketones is 1. The van der Waals surface area contributed by atoms with Crippen molar-refractivity contribution in [2.75, 3.05) is 19.8 Å². The molecular weight excluding hydrogens is 320 g/mol. The van der Waals surface area contributed by atoms with Crippen LogP contribution >= 0.6 is 0 Å². The van der Waals surface area contributed by atoms with Gasteiger partial charge in [0.1, 0.15) is 5.78 Å². The number of ether oxygens (including phenoxy) is 3. The molecule has 1 fully saturated rings. The van der Waals surface area contributed by atoms with E-state index in [1.54, 1.807) is 6.92 Å². The molecule has 140 valence electrons. The zero-order valence-corrected chi connectivity index (χ0v) is 15.4. The van der Waals surface area contributed by atoms with E-state index < -0.39 is 17.8 Å². The van der Waals surface area contributed by atoms with Gasteiger partial charge in [-0.2, -0.15) is 0 Å². The van der Waals surface area contributed by atoms with Crippen LogP contribution in [-0.2, 0) is 25.6 Å². The molecule has 5 heteroatoms. The lowest BCUT2D eigenvalue weighted by atomic mass is 9.88. The summed E-state index contributed by atoms with van der Waals surface area (Å²) in [7, 11) is 0. The van der Waals surface area contributed by atoms with Crippen LogP contribution in [0.4, 0.5) is 0 Å². The van der Waals surface area contributed by atoms with Crippen molar-refractivity contribution in [3.8, 4) is 0 Å². The molecule has 0 aromatic heterocycles. The molecule has 2 rings (SSSR count). The number of aliphatic hydroxyl groups is 1. The summed E-state index contributed by atoms with van der Waals surface area (Å²) in [5, 5.41) is 10.4. The molecule has 1 aromatic carbocycles. The Morgan fingerprint density at radius 1 is 1.24 bits per heavy atom. The number of carbonyl (C=O) groups excluding carboxylic acids is 1. The van der Waals surface area contributed by atoms with Gasteiger partial charge in [0.05, 0.1) is 32.5 Å². The highest BCUT2D eigenvalue weighted by Crippen LogP contribution is 2.26. The number of aliphatic hydroxyl groups excluding tert-OH is 1. The zero-order valence-electron chi connectivity index (χ0n) is 15.4. The molecule has 3 atom stereocenters. The van der Waals surface area contributed by atoms with Crippen LogP contribution in [0.25, 0.3) is 0 Å². The number of carbonyl (C=O) groups is 1. The Morgan fingerprint density at radius 2 is 1.88 bits per heavy atom. The monoisotopic (exact) mass is 350 g/mol. The third-order valence-corrected chi connectivity index (χ3v) is 4.82. The number of hydrogen-bond acceptors (Lipinski definition) is 5. The second-order valence-corrected chi connectivity index (χ2v) is 7.05. The van der Waals surface area contributed by atoms with Gasteiger partial charge in [-0.1, -0.05) is 44.2 Å². The Kier molecular flexibility index (Phi) is 7.56. The van der Waals surface area contributed by atoms with Gasteiger partial charge in [-0.25, -0.2) is 0 Å². The first-order valence-corrected chi connectivity index (χ1v) is 9.01. The summed E-state index contributed by atoms with van der Waals surface area (Å²) in [6, 6.07) is 9.90. The number of rotatable bonds is 10. The van der Waals surface area contributed by atoms with Gasteiger partial charge >= 0.3 is 0 Å². The number of Topliss-reactive ketones (excluding diaryl/α,β-unsaturated/α-hetero) is 1. The Balaban J connectivity index is 1.71. The highest BCUT2D eigenvalue weighted by molar-refractivity contribution is 5.81. The average Bonchev–Trinajstić information content (AvgIpc) is 3.06. The minimum atomic E-state index is -0.721. The molecule has 0 aliphatic carbocycles. The molecule has 0 saturated carbocycles. The molecule has 1 N–H and O–H groups in total. The first-order chi connectivity index (χ1) is 11.9. The molecule has 1 aliphatic rings. The SMILES string of the molecule is C[C@H](COCc1ccccc1)[C@@H](O)[C@@H](C)C(=O)CCC1(C)OCCO1. The summed E-state index contributed by atoms with van der Waals surface area (Å²) in [5.41, 5.74) is 1.10. The lowest BCUT2D eigenvalue weighted by molar-refractivity contribution is -0.153. The Bertz CT molecular complexity index is 524. The normalized spacial score (nSPS) is 20.2. The van der Waals surface area contributed by atoms with Gasteiger partial charge in [-0.05, 0) is 12.5 Å². The van der Waals surface area contributed by atoms with Crippen LogP contribution < -0.4 is 0 Å². The molecular formula is C20H30O5. The third kappa shape index (κ3) is 6.19. The van der Waals surface area contributed by atoms with Crippen molar-refractivity contribution in [2.45, 2.75) is 52.1 Å². The second-order valence-electron chi connectivity index (χ2n) is 7.05. The van der Waals surface area contributed by atoms with Crippen LogP contribution in [0.3, 0.4) is 0 Å². The van der Waals surface area contributed by atoms with E-state index in [9.17, 15) is 9.90 Å². The Labute approximate surface area is 150 Å². The molecule has 0 spiro atoms. The maximum absolute atomic E-state index is 12.4. The molecule has 5 nitrogen and oxygen atoms in total. The minimum Gasteiger partial charge on any atom is -0.392 e. The largest absolute Gasteiger partial charge is 0.392 e. The first kappa shape index (κ1) is 20.0. The van der Waals surface area contributed by atoms with Crippen molar-refractivity contribution in [3.63, 3.8) is 0 Å². The van der Waals surface area contributed by atoms with Gasteiger partial charge in [-0.15, -0.1) is 0 Å². The van der Waals surface area contributed by atoms with Gasteiger partial charge in [-0.3, -0.25) is 4.79 Å². The van der Waals surface area contributed by atoms with E-state index >= 15 is 0 Å². The van der Waals surface area contributed by atoms with Crippen LogP contribution in [0.5, 0.6) is 0 Å². The average molecular weight is 350 g/mol. The molecule has 0 amide bonds. The molecule has 1 aromatic rings. The summed E-state index contributed by atoms with van der Waals surface area (Å²) in [6.45, 7) is 7.60. The molecule has 1 heterocycles. The summed E-state index contributed by atoms with van der Waals surface area (Å²) >= 11 is 0. The molecule has 1 saturated heterocycles. The van der Waals surface area contributed by atoms with Gasteiger partial charge in [0, 0.05) is 24.7 Å². The lowest BCUT2D eigenvalue weighted by Gasteiger charge is -2.26. The predicted molar refractivity (Wildman–Crippen MR) is 95.0 cm³/mol. The van der Waals surface area contributed by atoms with Crippen molar-refractivity contribution >= 4 is 5.78 Å². The maximum atomic E-state index is 12.4. The van der Waals surface area contributed by atoms with Gasteiger partial charge < -0.3 is 19.3 Å². The maximum Gasteiger partial charge on any atom is 0.166 e. The molecule has 0 bridgehead atoms. The van der Waals surface area contributed by atoms with Crippen molar-refractivity contribution in [2.24, 2.45) is 11.8 Å². The summed E-state index contributed by atoms with van der Waals surface area (Å²) < 4.78 is 16.7. The van der Waals surface area contributed by atoms with Crippen molar-refractivity contribution in [1.29, 1.82) is 0 Å². The van der Waals surface area contributed by atoms with Gasteiger partial charge in [0.15, 0.2) is 5.79 Å². The van der Waals surface area contributed by atoms with Gasteiger partial charge in [0.2, 0.25) is 0 Å². The first-order valence-electron chi connectivity index (χ1n) is 9.01. The van der Waals surface area contributed by atoms with Crippen LogP contribution in [0.2, 0.25) is 0 Å². The minimum absolute atomic E-state index is 0.0303. The fraction of sp³-hybridized carbons (Fsp3) is 0.650. The predicted octanol–water partition coefficient (Wildman–Crippen LogP) is 2.95. The van der Waals surface area contributed by atoms with E-state index in [1.807, 2.05) is 44.2 Å². The number of hydrogen-bond donors (Lipinski definition) is 1. The second kappa shape index (κ2) is 9.43. The van der Waals surface area contributed by atoms with E-state index in [0.29, 0.717) is 39.3 Å². The van der Waals surface area contributed by atoms with E-state index in [1.165, 1.54) is 0 Å².